The van der Waals surface area contributed by atoms with Crippen LogP contribution in [-0.4, -0.2) is 59.0 Å². The van der Waals surface area contributed by atoms with Gasteiger partial charge in [-0.3, -0.25) is 0 Å². The molecule has 0 unspecified atom stereocenters. The Kier molecular flexibility index (Phi) is 6.21. The lowest BCUT2D eigenvalue weighted by molar-refractivity contribution is -0.265. The SMILES string of the molecule is CCOC(C)(C)[C@@H]1OC[C@@H](OC(C)(C)C(C)C)[C@H](O)[C@@H]1O. The fourth-order valence-electron chi connectivity index (χ4n) is 2.49. The Balaban J connectivity index is 2.75. The molecular weight excluding hydrogens is 272 g/mol. The van der Waals surface area contributed by atoms with E-state index in [0.717, 1.165) is 0 Å². The number of aliphatic hydroxyl groups is 2. The number of ether oxygens (including phenoxy) is 3. The predicted octanol–water partition coefficient (Wildman–Crippen LogP) is 1.74. The van der Waals surface area contributed by atoms with Crippen molar-refractivity contribution in [2.45, 2.75) is 84.1 Å². The summed E-state index contributed by atoms with van der Waals surface area (Å²) in [5, 5.41) is 20.7. The Labute approximate surface area is 128 Å². The van der Waals surface area contributed by atoms with Crippen molar-refractivity contribution in [2.75, 3.05) is 13.2 Å². The second-order valence-electron chi connectivity index (χ2n) is 7.19. The van der Waals surface area contributed by atoms with E-state index in [2.05, 4.69) is 13.8 Å². The molecule has 0 aromatic carbocycles. The Morgan fingerprint density at radius 1 is 1.14 bits per heavy atom. The van der Waals surface area contributed by atoms with Crippen LogP contribution in [-0.2, 0) is 14.2 Å². The summed E-state index contributed by atoms with van der Waals surface area (Å²) in [7, 11) is 0. The van der Waals surface area contributed by atoms with Crippen LogP contribution in [0.25, 0.3) is 0 Å². The van der Waals surface area contributed by atoms with E-state index in [-0.39, 0.29) is 6.61 Å². The van der Waals surface area contributed by atoms with Crippen LogP contribution in [0.4, 0.5) is 0 Å². The molecule has 2 N–H and O–H groups in total. The summed E-state index contributed by atoms with van der Waals surface area (Å²) >= 11 is 0. The van der Waals surface area contributed by atoms with Crippen LogP contribution >= 0.6 is 0 Å². The van der Waals surface area contributed by atoms with Crippen LogP contribution in [0.3, 0.4) is 0 Å². The minimum absolute atomic E-state index is 0.246. The molecule has 0 radical (unpaired) electrons. The van der Waals surface area contributed by atoms with Crippen molar-refractivity contribution >= 4 is 0 Å². The lowest BCUT2D eigenvalue weighted by atomic mass is 9.88. The number of rotatable bonds is 6. The molecule has 1 heterocycles. The van der Waals surface area contributed by atoms with Crippen molar-refractivity contribution in [1.29, 1.82) is 0 Å². The molecule has 0 amide bonds. The summed E-state index contributed by atoms with van der Waals surface area (Å²) in [5.74, 6) is 0.291. The molecule has 0 aromatic heterocycles. The van der Waals surface area contributed by atoms with Crippen LogP contribution in [0, 0.1) is 5.92 Å². The van der Waals surface area contributed by atoms with Crippen molar-refractivity contribution in [3.8, 4) is 0 Å². The van der Waals surface area contributed by atoms with E-state index in [4.69, 9.17) is 14.2 Å². The van der Waals surface area contributed by atoms with Crippen molar-refractivity contribution in [1.82, 2.24) is 0 Å². The van der Waals surface area contributed by atoms with E-state index in [1.54, 1.807) is 0 Å². The number of aliphatic hydroxyl groups excluding tert-OH is 2. The summed E-state index contributed by atoms with van der Waals surface area (Å²) in [6.07, 6.45) is -3.13. The first-order valence-corrected chi connectivity index (χ1v) is 7.82. The van der Waals surface area contributed by atoms with E-state index in [1.165, 1.54) is 0 Å². The standard InChI is InChI=1S/C16H32O5/c1-8-20-16(6,7)14-13(18)12(17)11(9-19-14)21-15(4,5)10(2)3/h10-14,17-18H,8-9H2,1-7H3/t11-,12+,13+,14-/m1/s1. The average molecular weight is 304 g/mol. The van der Waals surface area contributed by atoms with Crippen LogP contribution in [0.15, 0.2) is 0 Å². The fraction of sp³-hybridized carbons (Fsp3) is 1.00. The molecule has 0 saturated carbocycles. The second-order valence-corrected chi connectivity index (χ2v) is 7.19. The zero-order valence-corrected chi connectivity index (χ0v) is 14.4. The van der Waals surface area contributed by atoms with Gasteiger partial charge in [0.1, 0.15) is 24.4 Å². The summed E-state index contributed by atoms with van der Waals surface area (Å²) in [6, 6.07) is 0. The largest absolute Gasteiger partial charge is 0.388 e. The lowest BCUT2D eigenvalue weighted by Crippen LogP contribution is -2.62. The zero-order valence-electron chi connectivity index (χ0n) is 14.4. The first kappa shape index (κ1) is 18.8. The van der Waals surface area contributed by atoms with Gasteiger partial charge in [0.2, 0.25) is 0 Å². The molecule has 5 heteroatoms. The molecule has 5 nitrogen and oxygen atoms in total. The monoisotopic (exact) mass is 304 g/mol. The molecule has 126 valence electrons. The van der Waals surface area contributed by atoms with Gasteiger partial charge < -0.3 is 24.4 Å². The van der Waals surface area contributed by atoms with Gasteiger partial charge in [-0.05, 0) is 40.5 Å². The molecule has 4 atom stereocenters. The third-order valence-electron chi connectivity index (χ3n) is 4.53. The van der Waals surface area contributed by atoms with Crippen LogP contribution in [0.5, 0.6) is 0 Å². The maximum Gasteiger partial charge on any atom is 0.114 e. The van der Waals surface area contributed by atoms with E-state index in [0.29, 0.717) is 12.5 Å². The van der Waals surface area contributed by atoms with Crippen molar-refractivity contribution in [3.05, 3.63) is 0 Å². The molecule has 0 bridgehead atoms. The summed E-state index contributed by atoms with van der Waals surface area (Å²) in [4.78, 5) is 0. The lowest BCUT2D eigenvalue weighted by Gasteiger charge is -2.46. The smallest absolute Gasteiger partial charge is 0.114 e. The molecule has 0 aliphatic carbocycles. The molecule has 1 aliphatic heterocycles. The van der Waals surface area contributed by atoms with E-state index in [1.807, 2.05) is 34.6 Å². The maximum atomic E-state index is 10.4. The van der Waals surface area contributed by atoms with Gasteiger partial charge in [0.15, 0.2) is 0 Å². The average Bonchev–Trinajstić information content (AvgIpc) is 2.34. The Morgan fingerprint density at radius 2 is 1.71 bits per heavy atom. The predicted molar refractivity (Wildman–Crippen MR) is 81.2 cm³/mol. The van der Waals surface area contributed by atoms with Crippen LogP contribution < -0.4 is 0 Å². The molecule has 0 spiro atoms. The van der Waals surface area contributed by atoms with Gasteiger partial charge in [0.25, 0.3) is 0 Å². The molecule has 1 aliphatic rings. The number of hydrogen-bond acceptors (Lipinski definition) is 5. The Bertz CT molecular complexity index is 327. The number of hydrogen-bond donors (Lipinski definition) is 2. The molecule has 1 rings (SSSR count). The Morgan fingerprint density at radius 3 is 2.19 bits per heavy atom. The second kappa shape index (κ2) is 6.92. The van der Waals surface area contributed by atoms with Gasteiger partial charge in [-0.15, -0.1) is 0 Å². The van der Waals surface area contributed by atoms with Crippen LogP contribution in [0.1, 0.15) is 48.5 Å². The fourth-order valence-corrected chi connectivity index (χ4v) is 2.49. The maximum absolute atomic E-state index is 10.4. The van der Waals surface area contributed by atoms with E-state index in [9.17, 15) is 10.2 Å². The van der Waals surface area contributed by atoms with Gasteiger partial charge in [0.05, 0.1) is 17.8 Å². The van der Waals surface area contributed by atoms with E-state index < -0.39 is 35.6 Å². The first-order valence-electron chi connectivity index (χ1n) is 7.82. The molecule has 0 aromatic rings. The topological polar surface area (TPSA) is 68.2 Å². The zero-order chi connectivity index (χ0) is 16.4. The first-order chi connectivity index (χ1) is 9.53. The van der Waals surface area contributed by atoms with Crippen molar-refractivity contribution in [2.24, 2.45) is 5.92 Å². The highest BCUT2D eigenvalue weighted by Crippen LogP contribution is 2.31. The Hall–Kier alpha value is -0.200. The van der Waals surface area contributed by atoms with Gasteiger partial charge in [-0.1, -0.05) is 13.8 Å². The van der Waals surface area contributed by atoms with Crippen molar-refractivity contribution < 1.29 is 24.4 Å². The molecule has 21 heavy (non-hydrogen) atoms. The van der Waals surface area contributed by atoms with Gasteiger partial charge in [0, 0.05) is 6.61 Å². The van der Waals surface area contributed by atoms with Crippen molar-refractivity contribution in [3.63, 3.8) is 0 Å². The minimum atomic E-state index is -1.03. The van der Waals surface area contributed by atoms with E-state index >= 15 is 0 Å². The van der Waals surface area contributed by atoms with Gasteiger partial charge in [-0.25, -0.2) is 0 Å². The summed E-state index contributed by atoms with van der Waals surface area (Å²) in [6.45, 7) is 14.5. The highest BCUT2D eigenvalue weighted by molar-refractivity contribution is 4.96. The normalized spacial score (nSPS) is 31.7. The van der Waals surface area contributed by atoms with Gasteiger partial charge in [-0.2, -0.15) is 0 Å². The molecular formula is C16H32O5. The highest BCUT2D eigenvalue weighted by Gasteiger charge is 2.47. The highest BCUT2D eigenvalue weighted by atomic mass is 16.6. The minimum Gasteiger partial charge on any atom is -0.388 e. The third-order valence-corrected chi connectivity index (χ3v) is 4.53. The summed E-state index contributed by atoms with van der Waals surface area (Å²) in [5.41, 5.74) is -1.05. The quantitative estimate of drug-likeness (QED) is 0.782. The molecule has 1 fully saturated rings. The third kappa shape index (κ3) is 4.39. The van der Waals surface area contributed by atoms with Gasteiger partial charge >= 0.3 is 0 Å². The summed E-state index contributed by atoms with van der Waals surface area (Å²) < 4.78 is 17.3. The molecule has 1 saturated heterocycles. The van der Waals surface area contributed by atoms with Crippen LogP contribution in [0.2, 0.25) is 0 Å².